The van der Waals surface area contributed by atoms with Gasteiger partial charge in [0.15, 0.2) is 5.82 Å². The minimum Gasteiger partial charge on any atom is -0.363 e. The molecule has 0 saturated carbocycles. The van der Waals surface area contributed by atoms with Gasteiger partial charge in [-0.2, -0.15) is 0 Å². The van der Waals surface area contributed by atoms with E-state index >= 15 is 0 Å². The molecule has 1 rings (SSSR count). The standard InChI is InChI=1S/C12H19N3O3/c1-3-4-5-7-15(10(2)16)9-12(17)13-11-6-8-18-14-11/h6,8H,3-5,7,9H2,1-2H3,(H,13,14,17). The van der Waals surface area contributed by atoms with E-state index in [1.54, 1.807) is 6.07 Å². The summed E-state index contributed by atoms with van der Waals surface area (Å²) in [5.74, 6) is -0.00550. The van der Waals surface area contributed by atoms with E-state index in [9.17, 15) is 9.59 Å². The fourth-order valence-corrected chi connectivity index (χ4v) is 1.53. The van der Waals surface area contributed by atoms with Crippen LogP contribution in [0.3, 0.4) is 0 Å². The highest BCUT2D eigenvalue weighted by Crippen LogP contribution is 2.03. The van der Waals surface area contributed by atoms with E-state index in [2.05, 4.69) is 21.9 Å². The number of unbranched alkanes of at least 4 members (excludes halogenated alkanes) is 2. The Labute approximate surface area is 106 Å². The van der Waals surface area contributed by atoms with E-state index in [0.717, 1.165) is 19.3 Å². The van der Waals surface area contributed by atoms with Crippen LogP contribution >= 0.6 is 0 Å². The van der Waals surface area contributed by atoms with Crippen molar-refractivity contribution in [2.45, 2.75) is 33.1 Å². The van der Waals surface area contributed by atoms with E-state index in [4.69, 9.17) is 0 Å². The summed E-state index contributed by atoms with van der Waals surface area (Å²) < 4.78 is 4.60. The zero-order valence-corrected chi connectivity index (χ0v) is 10.8. The molecular formula is C12H19N3O3. The van der Waals surface area contributed by atoms with Crippen molar-refractivity contribution in [1.82, 2.24) is 10.1 Å². The summed E-state index contributed by atoms with van der Waals surface area (Å²) in [7, 11) is 0. The van der Waals surface area contributed by atoms with E-state index in [1.807, 2.05) is 0 Å². The summed E-state index contributed by atoms with van der Waals surface area (Å²) in [4.78, 5) is 24.6. The van der Waals surface area contributed by atoms with Gasteiger partial charge in [-0.15, -0.1) is 0 Å². The van der Waals surface area contributed by atoms with Gasteiger partial charge in [-0.3, -0.25) is 9.59 Å². The molecule has 0 bridgehead atoms. The highest BCUT2D eigenvalue weighted by atomic mass is 16.5. The van der Waals surface area contributed by atoms with Gasteiger partial charge in [0.25, 0.3) is 0 Å². The second-order valence-corrected chi connectivity index (χ2v) is 4.08. The van der Waals surface area contributed by atoms with Crippen molar-refractivity contribution in [1.29, 1.82) is 0 Å². The molecule has 0 aliphatic rings. The summed E-state index contributed by atoms with van der Waals surface area (Å²) >= 11 is 0. The number of hydrogen-bond donors (Lipinski definition) is 1. The van der Waals surface area contributed by atoms with Crippen molar-refractivity contribution in [2.75, 3.05) is 18.4 Å². The maximum Gasteiger partial charge on any atom is 0.245 e. The van der Waals surface area contributed by atoms with Crippen LogP contribution in [0.25, 0.3) is 0 Å². The number of hydrogen-bond acceptors (Lipinski definition) is 4. The molecule has 0 saturated heterocycles. The summed E-state index contributed by atoms with van der Waals surface area (Å²) in [6.45, 7) is 4.21. The Hall–Kier alpha value is -1.85. The number of carbonyl (C=O) groups is 2. The van der Waals surface area contributed by atoms with Crippen LogP contribution in [-0.2, 0) is 9.59 Å². The Balaban J connectivity index is 2.40. The Kier molecular flexibility index (Phi) is 5.90. The van der Waals surface area contributed by atoms with Gasteiger partial charge < -0.3 is 14.7 Å². The van der Waals surface area contributed by atoms with Crippen molar-refractivity contribution in [3.05, 3.63) is 12.3 Å². The number of nitrogens with zero attached hydrogens (tertiary/aromatic N) is 2. The first-order valence-corrected chi connectivity index (χ1v) is 6.09. The molecule has 6 nitrogen and oxygen atoms in total. The highest BCUT2D eigenvalue weighted by molar-refractivity contribution is 5.93. The monoisotopic (exact) mass is 253 g/mol. The van der Waals surface area contributed by atoms with Crippen molar-refractivity contribution in [2.24, 2.45) is 0 Å². The lowest BCUT2D eigenvalue weighted by molar-refractivity contribution is -0.132. The molecular weight excluding hydrogens is 234 g/mol. The minimum absolute atomic E-state index is 0.0475. The smallest absolute Gasteiger partial charge is 0.245 e. The molecule has 1 aromatic heterocycles. The number of anilines is 1. The van der Waals surface area contributed by atoms with Crippen molar-refractivity contribution in [3.8, 4) is 0 Å². The Bertz CT molecular complexity index is 376. The molecule has 0 radical (unpaired) electrons. The van der Waals surface area contributed by atoms with E-state index < -0.39 is 0 Å². The van der Waals surface area contributed by atoms with Crippen LogP contribution in [0.4, 0.5) is 5.82 Å². The van der Waals surface area contributed by atoms with Gasteiger partial charge in [-0.05, 0) is 6.42 Å². The van der Waals surface area contributed by atoms with Crippen molar-refractivity contribution < 1.29 is 14.1 Å². The summed E-state index contributed by atoms with van der Waals surface area (Å²) in [6.07, 6.45) is 4.42. The second kappa shape index (κ2) is 7.47. The zero-order valence-electron chi connectivity index (χ0n) is 10.8. The number of amides is 2. The quantitative estimate of drug-likeness (QED) is 0.750. The average Bonchev–Trinajstić information content (AvgIpc) is 2.80. The lowest BCUT2D eigenvalue weighted by Gasteiger charge is -2.19. The first-order chi connectivity index (χ1) is 8.63. The fourth-order valence-electron chi connectivity index (χ4n) is 1.53. The molecule has 1 N–H and O–H groups in total. The number of nitrogens with one attached hydrogen (secondary N) is 1. The molecule has 0 spiro atoms. The van der Waals surface area contributed by atoms with Crippen LogP contribution in [-0.4, -0.2) is 35.0 Å². The van der Waals surface area contributed by atoms with Crippen LogP contribution in [0.15, 0.2) is 16.9 Å². The number of aromatic nitrogens is 1. The third-order valence-electron chi connectivity index (χ3n) is 2.52. The number of rotatable bonds is 7. The average molecular weight is 253 g/mol. The third kappa shape index (κ3) is 4.99. The lowest BCUT2D eigenvalue weighted by atomic mass is 10.2. The highest BCUT2D eigenvalue weighted by Gasteiger charge is 2.13. The molecule has 18 heavy (non-hydrogen) atoms. The fraction of sp³-hybridized carbons (Fsp3) is 0.583. The molecule has 0 aliphatic carbocycles. The third-order valence-corrected chi connectivity index (χ3v) is 2.52. The number of carbonyl (C=O) groups excluding carboxylic acids is 2. The molecule has 1 aromatic rings. The van der Waals surface area contributed by atoms with Gasteiger partial charge in [0, 0.05) is 19.5 Å². The minimum atomic E-state index is -0.268. The molecule has 100 valence electrons. The molecule has 6 heteroatoms. The zero-order chi connectivity index (χ0) is 13.4. The topological polar surface area (TPSA) is 75.4 Å². The molecule has 0 fully saturated rings. The molecule has 0 aliphatic heterocycles. The predicted molar refractivity (Wildman–Crippen MR) is 66.9 cm³/mol. The molecule has 2 amide bonds. The first kappa shape index (κ1) is 14.2. The van der Waals surface area contributed by atoms with E-state index in [0.29, 0.717) is 12.4 Å². The van der Waals surface area contributed by atoms with Gasteiger partial charge in [0.1, 0.15) is 6.26 Å². The maximum absolute atomic E-state index is 11.7. The Morgan fingerprint density at radius 3 is 2.78 bits per heavy atom. The van der Waals surface area contributed by atoms with Crippen LogP contribution in [0.1, 0.15) is 33.1 Å². The molecule has 0 aromatic carbocycles. The summed E-state index contributed by atoms with van der Waals surface area (Å²) in [6, 6.07) is 1.55. The molecule has 1 heterocycles. The van der Waals surface area contributed by atoms with Gasteiger partial charge in [-0.1, -0.05) is 24.9 Å². The van der Waals surface area contributed by atoms with Gasteiger partial charge >= 0.3 is 0 Å². The normalized spacial score (nSPS) is 10.1. The van der Waals surface area contributed by atoms with Crippen LogP contribution < -0.4 is 5.32 Å². The lowest BCUT2D eigenvalue weighted by Crippen LogP contribution is -2.37. The molecule has 0 unspecified atom stereocenters. The maximum atomic E-state index is 11.7. The van der Waals surface area contributed by atoms with E-state index in [-0.39, 0.29) is 18.4 Å². The van der Waals surface area contributed by atoms with E-state index in [1.165, 1.54) is 18.1 Å². The first-order valence-electron chi connectivity index (χ1n) is 6.09. The van der Waals surface area contributed by atoms with Crippen LogP contribution in [0.2, 0.25) is 0 Å². The predicted octanol–water partition coefficient (Wildman–Crippen LogP) is 1.65. The summed E-state index contributed by atoms with van der Waals surface area (Å²) in [5.41, 5.74) is 0. The Morgan fingerprint density at radius 2 is 2.22 bits per heavy atom. The van der Waals surface area contributed by atoms with Gasteiger partial charge in [0.05, 0.1) is 6.54 Å². The van der Waals surface area contributed by atoms with Crippen LogP contribution in [0, 0.1) is 0 Å². The largest absolute Gasteiger partial charge is 0.363 e. The van der Waals surface area contributed by atoms with Crippen LogP contribution in [0.5, 0.6) is 0 Å². The van der Waals surface area contributed by atoms with Crippen molar-refractivity contribution in [3.63, 3.8) is 0 Å². The van der Waals surface area contributed by atoms with Gasteiger partial charge in [0.2, 0.25) is 11.8 Å². The summed E-state index contributed by atoms with van der Waals surface area (Å²) in [5, 5.41) is 6.13. The van der Waals surface area contributed by atoms with Crippen molar-refractivity contribution >= 4 is 17.6 Å². The Morgan fingerprint density at radius 1 is 1.44 bits per heavy atom. The molecule has 0 atom stereocenters. The van der Waals surface area contributed by atoms with Gasteiger partial charge in [-0.25, -0.2) is 0 Å². The SMILES string of the molecule is CCCCCN(CC(=O)Nc1ccon1)C(C)=O. The second-order valence-electron chi connectivity index (χ2n) is 4.08.